The molecule has 7 nitrogen and oxygen atoms in total. The quantitative estimate of drug-likeness (QED) is 0.183. The second kappa shape index (κ2) is 11.8. The van der Waals surface area contributed by atoms with Crippen LogP contribution in [-0.2, 0) is 22.6 Å². The van der Waals surface area contributed by atoms with Crippen LogP contribution in [0.15, 0.2) is 66.2 Å². The van der Waals surface area contributed by atoms with Gasteiger partial charge in [-0.05, 0) is 95.1 Å². The van der Waals surface area contributed by atoms with E-state index in [0.717, 1.165) is 26.0 Å². The monoisotopic (exact) mass is 630 g/mol. The molecule has 4 amide bonds. The number of urea groups is 1. The molecule has 0 aromatic heterocycles. The van der Waals surface area contributed by atoms with Crippen molar-refractivity contribution in [2.24, 2.45) is 0 Å². The van der Waals surface area contributed by atoms with Crippen molar-refractivity contribution in [1.82, 2.24) is 5.32 Å². The molecule has 37 heavy (non-hydrogen) atoms. The molecule has 1 N–H and O–H groups in total. The minimum Gasteiger partial charge on any atom is -0.490 e. The number of amides is 4. The fourth-order valence-corrected chi connectivity index (χ4v) is 4.79. The van der Waals surface area contributed by atoms with E-state index in [2.05, 4.69) is 27.9 Å². The number of hydrogen-bond donors (Lipinski definition) is 1. The molecule has 0 spiro atoms. The van der Waals surface area contributed by atoms with Gasteiger partial charge in [-0.3, -0.25) is 14.9 Å². The van der Waals surface area contributed by atoms with Crippen LogP contribution in [0.5, 0.6) is 11.5 Å². The largest absolute Gasteiger partial charge is 0.490 e. The van der Waals surface area contributed by atoms with Gasteiger partial charge in [-0.15, -0.1) is 0 Å². The van der Waals surface area contributed by atoms with Crippen molar-refractivity contribution in [2.45, 2.75) is 26.9 Å². The first-order valence-electron chi connectivity index (χ1n) is 11.6. The smallest absolute Gasteiger partial charge is 0.335 e. The number of nitrogens with one attached hydrogen (secondary N) is 1. The first-order chi connectivity index (χ1) is 17.8. The first kappa shape index (κ1) is 26.7. The number of hydrogen-bond acceptors (Lipinski definition) is 5. The van der Waals surface area contributed by atoms with Crippen molar-refractivity contribution in [3.63, 3.8) is 0 Å². The van der Waals surface area contributed by atoms with Gasteiger partial charge in [0.05, 0.1) is 15.9 Å². The second-order valence-corrected chi connectivity index (χ2v) is 9.76. The highest BCUT2D eigenvalue weighted by atomic mass is 127. The summed E-state index contributed by atoms with van der Waals surface area (Å²) in [6.45, 7) is 4.54. The minimum absolute atomic E-state index is 0.162. The fourth-order valence-electron chi connectivity index (χ4n) is 3.80. The predicted octanol–water partition coefficient (Wildman–Crippen LogP) is 6.15. The van der Waals surface area contributed by atoms with Gasteiger partial charge in [-0.2, -0.15) is 0 Å². The van der Waals surface area contributed by atoms with Gasteiger partial charge < -0.3 is 9.47 Å². The van der Waals surface area contributed by atoms with Crippen LogP contribution in [0.1, 0.15) is 30.5 Å². The highest BCUT2D eigenvalue weighted by Crippen LogP contribution is 2.36. The predicted molar refractivity (Wildman–Crippen MR) is 151 cm³/mol. The standard InChI is InChI=1S/C28H24ClIN2O5/c1-3-17-8-10-21(11-9-17)32-27(34)22(26(33)31-28(32)35)13-19-14-23(30)25(24(15-19)36-4-2)37-16-18-6-5-7-20(29)12-18/h5-15H,3-4,16H2,1-2H3,(H,31,33,35)/b22-13+. The van der Waals surface area contributed by atoms with Crippen LogP contribution in [0.4, 0.5) is 10.5 Å². The molecule has 0 bridgehead atoms. The van der Waals surface area contributed by atoms with Crippen molar-refractivity contribution in [2.75, 3.05) is 11.5 Å². The zero-order chi connectivity index (χ0) is 26.5. The fraction of sp³-hybridized carbons (Fsp3) is 0.179. The van der Waals surface area contributed by atoms with Crippen molar-refractivity contribution in [1.29, 1.82) is 0 Å². The summed E-state index contributed by atoms with van der Waals surface area (Å²) in [5.41, 5.74) is 2.74. The SMILES string of the molecule is CCOc1cc(/C=C2\C(=O)NC(=O)N(c3ccc(CC)cc3)C2=O)cc(I)c1OCc1cccc(Cl)c1. The van der Waals surface area contributed by atoms with Crippen molar-refractivity contribution >= 4 is 63.8 Å². The third-order valence-electron chi connectivity index (χ3n) is 5.62. The lowest BCUT2D eigenvalue weighted by molar-refractivity contribution is -0.122. The average molecular weight is 631 g/mol. The van der Waals surface area contributed by atoms with Gasteiger partial charge >= 0.3 is 6.03 Å². The van der Waals surface area contributed by atoms with Crippen LogP contribution >= 0.6 is 34.2 Å². The molecule has 1 fully saturated rings. The van der Waals surface area contributed by atoms with Crippen LogP contribution < -0.4 is 19.7 Å². The molecule has 1 heterocycles. The zero-order valence-electron chi connectivity index (χ0n) is 20.2. The second-order valence-electron chi connectivity index (χ2n) is 8.16. The topological polar surface area (TPSA) is 84.9 Å². The number of carbonyl (C=O) groups excluding carboxylic acids is 3. The van der Waals surface area contributed by atoms with Crippen molar-refractivity contribution in [3.8, 4) is 11.5 Å². The number of imide groups is 2. The van der Waals surface area contributed by atoms with E-state index in [1.165, 1.54) is 6.08 Å². The lowest BCUT2D eigenvalue weighted by atomic mass is 10.1. The maximum absolute atomic E-state index is 13.3. The Kier molecular flexibility index (Phi) is 8.50. The number of anilines is 1. The molecule has 1 aliphatic rings. The van der Waals surface area contributed by atoms with Crippen LogP contribution in [0, 0.1) is 3.57 Å². The van der Waals surface area contributed by atoms with Gasteiger partial charge in [-0.1, -0.05) is 42.8 Å². The van der Waals surface area contributed by atoms with Crippen LogP contribution in [0.2, 0.25) is 5.02 Å². The maximum Gasteiger partial charge on any atom is 0.335 e. The molecule has 0 unspecified atom stereocenters. The molecular formula is C28H24ClIN2O5. The third kappa shape index (κ3) is 6.14. The van der Waals surface area contributed by atoms with E-state index in [1.807, 2.05) is 44.2 Å². The summed E-state index contributed by atoms with van der Waals surface area (Å²) in [5, 5.41) is 2.87. The molecule has 4 rings (SSSR count). The first-order valence-corrected chi connectivity index (χ1v) is 13.1. The van der Waals surface area contributed by atoms with Crippen LogP contribution in [0.25, 0.3) is 6.08 Å². The van der Waals surface area contributed by atoms with Gasteiger partial charge in [0.2, 0.25) is 0 Å². The Bertz CT molecular complexity index is 1390. The van der Waals surface area contributed by atoms with Crippen molar-refractivity contribution in [3.05, 3.63) is 91.5 Å². The van der Waals surface area contributed by atoms with Gasteiger partial charge in [0.1, 0.15) is 12.2 Å². The molecule has 0 atom stereocenters. The highest BCUT2D eigenvalue weighted by Gasteiger charge is 2.36. The summed E-state index contributed by atoms with van der Waals surface area (Å²) in [6, 6.07) is 17.1. The number of nitrogens with zero attached hydrogens (tertiary/aromatic N) is 1. The Morgan fingerprint density at radius 2 is 1.73 bits per heavy atom. The molecule has 0 saturated carbocycles. The number of aryl methyl sites for hydroxylation is 1. The summed E-state index contributed by atoms with van der Waals surface area (Å²) in [5.74, 6) is -0.454. The number of ether oxygens (including phenoxy) is 2. The van der Waals surface area contributed by atoms with E-state index in [4.69, 9.17) is 21.1 Å². The van der Waals surface area contributed by atoms with E-state index in [-0.39, 0.29) is 12.2 Å². The summed E-state index contributed by atoms with van der Waals surface area (Å²) in [6.07, 6.45) is 2.27. The number of barbiturate groups is 1. The molecule has 190 valence electrons. The molecule has 9 heteroatoms. The minimum atomic E-state index is -0.786. The highest BCUT2D eigenvalue weighted by molar-refractivity contribution is 14.1. The molecule has 0 aliphatic carbocycles. The Morgan fingerprint density at radius 1 is 0.973 bits per heavy atom. The average Bonchev–Trinajstić information content (AvgIpc) is 2.86. The third-order valence-corrected chi connectivity index (χ3v) is 6.66. The van der Waals surface area contributed by atoms with Crippen LogP contribution in [-0.4, -0.2) is 24.5 Å². The molecule has 0 radical (unpaired) electrons. The lowest BCUT2D eigenvalue weighted by Gasteiger charge is -2.26. The van der Waals surface area contributed by atoms with Crippen LogP contribution in [0.3, 0.4) is 0 Å². The zero-order valence-corrected chi connectivity index (χ0v) is 23.1. The van der Waals surface area contributed by atoms with Gasteiger partial charge in [0.25, 0.3) is 11.8 Å². The lowest BCUT2D eigenvalue weighted by Crippen LogP contribution is -2.54. The Labute approximate surface area is 233 Å². The molecule has 1 saturated heterocycles. The number of rotatable bonds is 8. The summed E-state index contributed by atoms with van der Waals surface area (Å²) >= 11 is 8.19. The maximum atomic E-state index is 13.3. The molecule has 3 aromatic carbocycles. The van der Waals surface area contributed by atoms with Gasteiger partial charge in [0.15, 0.2) is 11.5 Å². The summed E-state index contributed by atoms with van der Waals surface area (Å²) in [7, 11) is 0. The number of carbonyl (C=O) groups is 3. The molecule has 1 aliphatic heterocycles. The number of benzene rings is 3. The molecular weight excluding hydrogens is 607 g/mol. The van der Waals surface area contributed by atoms with Crippen molar-refractivity contribution < 1.29 is 23.9 Å². The number of halogens is 2. The van der Waals surface area contributed by atoms with Gasteiger partial charge in [-0.25, -0.2) is 9.69 Å². The van der Waals surface area contributed by atoms with Gasteiger partial charge in [0, 0.05) is 5.02 Å². The molecule has 3 aromatic rings. The Balaban J connectivity index is 1.65. The van der Waals surface area contributed by atoms with E-state index in [9.17, 15) is 14.4 Å². The Hall–Kier alpha value is -3.37. The summed E-state index contributed by atoms with van der Waals surface area (Å²) in [4.78, 5) is 39.4. The van der Waals surface area contributed by atoms with E-state index >= 15 is 0 Å². The van der Waals surface area contributed by atoms with E-state index in [1.54, 1.807) is 30.3 Å². The van der Waals surface area contributed by atoms with E-state index in [0.29, 0.717) is 34.4 Å². The summed E-state index contributed by atoms with van der Waals surface area (Å²) < 4.78 is 12.6. The van der Waals surface area contributed by atoms with E-state index < -0.39 is 17.8 Å². The Morgan fingerprint density at radius 3 is 2.41 bits per heavy atom. The normalized spacial score (nSPS) is 14.6.